The monoisotopic (exact) mass is 355 g/mol. The fourth-order valence-electron chi connectivity index (χ4n) is 3.05. The number of ether oxygens (including phenoxy) is 2. The molecule has 1 aromatic heterocycles. The molecule has 3 atom stereocenters. The molecule has 0 radical (unpaired) electrons. The summed E-state index contributed by atoms with van der Waals surface area (Å²) in [6.07, 6.45) is 4.36. The lowest BCUT2D eigenvalue weighted by Crippen LogP contribution is -2.25. The second-order valence-electron chi connectivity index (χ2n) is 6.73. The summed E-state index contributed by atoms with van der Waals surface area (Å²) in [4.78, 5) is 12.2. The summed E-state index contributed by atoms with van der Waals surface area (Å²) in [5.74, 6) is 4.16. The number of rotatable bonds is 7. The van der Waals surface area contributed by atoms with Gasteiger partial charge in [0, 0.05) is 17.6 Å². The van der Waals surface area contributed by atoms with Crippen molar-refractivity contribution in [3.63, 3.8) is 0 Å². The second-order valence-corrected chi connectivity index (χ2v) is 6.73. The molecule has 1 amide bonds. The quantitative estimate of drug-likeness (QED) is 0.752. The van der Waals surface area contributed by atoms with Crippen molar-refractivity contribution in [1.29, 1.82) is 0 Å². The Morgan fingerprint density at radius 3 is 2.69 bits per heavy atom. The highest BCUT2D eigenvalue weighted by molar-refractivity contribution is 5.91. The van der Waals surface area contributed by atoms with Crippen LogP contribution in [0.4, 0.5) is 0 Å². The highest BCUT2D eigenvalue weighted by Crippen LogP contribution is 2.47. The van der Waals surface area contributed by atoms with E-state index in [2.05, 4.69) is 12.2 Å². The van der Waals surface area contributed by atoms with Crippen molar-refractivity contribution >= 4 is 12.0 Å². The van der Waals surface area contributed by atoms with Gasteiger partial charge < -0.3 is 19.2 Å². The molecule has 0 saturated heterocycles. The van der Waals surface area contributed by atoms with Gasteiger partial charge in [0.25, 0.3) is 0 Å². The first-order valence-corrected chi connectivity index (χ1v) is 8.82. The lowest BCUT2D eigenvalue weighted by atomic mass is 10.1. The number of hydrogen-bond donors (Lipinski definition) is 1. The number of carbonyl (C=O) groups is 1. The smallest absolute Gasteiger partial charge is 0.244 e. The Morgan fingerprint density at radius 1 is 1.27 bits per heavy atom. The van der Waals surface area contributed by atoms with Gasteiger partial charge in [0.2, 0.25) is 5.91 Å². The molecule has 5 nitrogen and oxygen atoms in total. The number of methoxy groups -OCH3 is 2. The zero-order chi connectivity index (χ0) is 18.7. The van der Waals surface area contributed by atoms with Crippen LogP contribution in [-0.4, -0.2) is 20.1 Å². The van der Waals surface area contributed by atoms with Crippen molar-refractivity contribution < 1.29 is 18.7 Å². The fraction of sp³-hybridized carbons (Fsp3) is 0.381. The van der Waals surface area contributed by atoms with Crippen molar-refractivity contribution in [2.24, 2.45) is 5.92 Å². The first-order chi connectivity index (χ1) is 12.5. The summed E-state index contributed by atoms with van der Waals surface area (Å²) in [7, 11) is 3.21. The van der Waals surface area contributed by atoms with Crippen LogP contribution in [-0.2, 0) is 4.79 Å². The number of amides is 1. The molecule has 3 unspecified atom stereocenters. The molecule has 0 aliphatic heterocycles. The highest BCUT2D eigenvalue weighted by Gasteiger charge is 2.36. The summed E-state index contributed by atoms with van der Waals surface area (Å²) in [6, 6.07) is 9.19. The van der Waals surface area contributed by atoms with Gasteiger partial charge in [0.05, 0.1) is 20.3 Å². The van der Waals surface area contributed by atoms with Crippen LogP contribution >= 0.6 is 0 Å². The predicted octanol–water partition coefficient (Wildman–Crippen LogP) is 4.31. The van der Waals surface area contributed by atoms with E-state index in [1.807, 2.05) is 37.3 Å². The first kappa shape index (κ1) is 18.1. The fourth-order valence-corrected chi connectivity index (χ4v) is 3.05. The SMILES string of the molecule is COc1ccc(OC)c(C(C)NC(=O)/C=C/c2ccc(C3CC3C)o2)c1. The lowest BCUT2D eigenvalue weighted by molar-refractivity contribution is -0.117. The van der Waals surface area contributed by atoms with Crippen LogP contribution in [0.3, 0.4) is 0 Å². The predicted molar refractivity (Wildman–Crippen MR) is 100 cm³/mol. The van der Waals surface area contributed by atoms with Crippen molar-refractivity contribution in [2.75, 3.05) is 14.2 Å². The lowest BCUT2D eigenvalue weighted by Gasteiger charge is -2.17. The molecule has 1 aromatic carbocycles. The Morgan fingerprint density at radius 2 is 2.04 bits per heavy atom. The number of hydrogen-bond acceptors (Lipinski definition) is 4. The number of benzene rings is 1. The number of carbonyl (C=O) groups excluding carboxylic acids is 1. The van der Waals surface area contributed by atoms with E-state index in [9.17, 15) is 4.79 Å². The van der Waals surface area contributed by atoms with Crippen LogP contribution in [0.15, 0.2) is 40.8 Å². The van der Waals surface area contributed by atoms with Crippen molar-refractivity contribution in [3.05, 3.63) is 53.5 Å². The third-order valence-corrected chi connectivity index (χ3v) is 4.78. The van der Waals surface area contributed by atoms with E-state index >= 15 is 0 Å². The molecule has 1 heterocycles. The van der Waals surface area contributed by atoms with Crippen molar-refractivity contribution in [1.82, 2.24) is 5.32 Å². The zero-order valence-electron chi connectivity index (χ0n) is 15.6. The molecule has 0 spiro atoms. The summed E-state index contributed by atoms with van der Waals surface area (Å²) in [5, 5.41) is 2.94. The summed E-state index contributed by atoms with van der Waals surface area (Å²) in [5.41, 5.74) is 0.858. The minimum Gasteiger partial charge on any atom is -0.497 e. The largest absolute Gasteiger partial charge is 0.497 e. The maximum atomic E-state index is 12.2. The van der Waals surface area contributed by atoms with Gasteiger partial charge in [0.1, 0.15) is 23.0 Å². The Kier molecular flexibility index (Phi) is 5.35. The van der Waals surface area contributed by atoms with Gasteiger partial charge in [-0.15, -0.1) is 0 Å². The normalized spacial score (nSPS) is 20.0. The first-order valence-electron chi connectivity index (χ1n) is 8.82. The molecular weight excluding hydrogens is 330 g/mol. The third-order valence-electron chi connectivity index (χ3n) is 4.78. The van der Waals surface area contributed by atoms with Gasteiger partial charge in [-0.25, -0.2) is 0 Å². The Bertz CT molecular complexity index is 808. The summed E-state index contributed by atoms with van der Waals surface area (Å²) >= 11 is 0. The van der Waals surface area contributed by atoms with Gasteiger partial charge in [-0.1, -0.05) is 6.92 Å². The second kappa shape index (κ2) is 7.68. The van der Waals surface area contributed by atoms with E-state index in [1.165, 1.54) is 12.5 Å². The van der Waals surface area contributed by atoms with E-state index in [-0.39, 0.29) is 11.9 Å². The van der Waals surface area contributed by atoms with Gasteiger partial charge >= 0.3 is 0 Å². The summed E-state index contributed by atoms with van der Waals surface area (Å²) in [6.45, 7) is 4.12. The molecule has 1 aliphatic rings. The molecule has 1 aliphatic carbocycles. The number of furan rings is 1. The van der Waals surface area contributed by atoms with Crippen LogP contribution in [0, 0.1) is 5.92 Å². The topological polar surface area (TPSA) is 60.7 Å². The van der Waals surface area contributed by atoms with Crippen LogP contribution in [0.5, 0.6) is 11.5 Å². The highest BCUT2D eigenvalue weighted by atomic mass is 16.5. The van der Waals surface area contributed by atoms with Gasteiger partial charge in [-0.2, -0.15) is 0 Å². The maximum absolute atomic E-state index is 12.2. The molecule has 0 bridgehead atoms. The molecule has 1 N–H and O–H groups in total. The van der Waals surface area contributed by atoms with E-state index < -0.39 is 0 Å². The minimum absolute atomic E-state index is 0.194. The van der Waals surface area contributed by atoms with Gasteiger partial charge in [-0.3, -0.25) is 4.79 Å². The zero-order valence-corrected chi connectivity index (χ0v) is 15.6. The van der Waals surface area contributed by atoms with E-state index in [0.717, 1.165) is 17.1 Å². The average Bonchev–Trinajstić information content (AvgIpc) is 3.19. The van der Waals surface area contributed by atoms with Crippen LogP contribution < -0.4 is 14.8 Å². The Balaban J connectivity index is 1.63. The molecule has 138 valence electrons. The van der Waals surface area contributed by atoms with E-state index in [1.54, 1.807) is 20.3 Å². The van der Waals surface area contributed by atoms with E-state index in [4.69, 9.17) is 13.9 Å². The van der Waals surface area contributed by atoms with Crippen molar-refractivity contribution in [3.8, 4) is 11.5 Å². The summed E-state index contributed by atoms with van der Waals surface area (Å²) < 4.78 is 16.4. The Hall–Kier alpha value is -2.69. The van der Waals surface area contributed by atoms with Crippen molar-refractivity contribution in [2.45, 2.75) is 32.2 Å². The molecule has 2 aromatic rings. The molecule has 5 heteroatoms. The molecule has 1 fully saturated rings. The molecule has 26 heavy (non-hydrogen) atoms. The molecule has 3 rings (SSSR count). The molecular formula is C21H25NO4. The standard InChI is InChI=1S/C21H25NO4/c1-13-11-17(13)20-9-5-15(26-20)7-10-21(23)22-14(2)18-12-16(24-3)6-8-19(18)25-4/h5-10,12-14,17H,11H2,1-4H3,(H,22,23)/b10-7+. The van der Waals surface area contributed by atoms with E-state index in [0.29, 0.717) is 23.3 Å². The molecule has 1 saturated carbocycles. The third kappa shape index (κ3) is 4.10. The van der Waals surface area contributed by atoms with Crippen LogP contribution in [0.2, 0.25) is 0 Å². The average molecular weight is 355 g/mol. The minimum atomic E-state index is -0.225. The van der Waals surface area contributed by atoms with Gasteiger partial charge in [0.15, 0.2) is 0 Å². The van der Waals surface area contributed by atoms with Crippen LogP contribution in [0.1, 0.15) is 49.3 Å². The number of nitrogens with one attached hydrogen (secondary N) is 1. The van der Waals surface area contributed by atoms with Crippen LogP contribution in [0.25, 0.3) is 6.08 Å². The Labute approximate surface area is 154 Å². The maximum Gasteiger partial charge on any atom is 0.244 e. The van der Waals surface area contributed by atoms with Gasteiger partial charge in [-0.05, 0) is 55.7 Å².